The molecule has 0 spiro atoms. The minimum absolute atomic E-state index is 0.0936. The molecule has 0 bridgehead atoms. The molecule has 1 aliphatic rings. The van der Waals surface area contributed by atoms with E-state index < -0.39 is 5.82 Å². The van der Waals surface area contributed by atoms with Crippen LogP contribution in [0.15, 0.2) is 18.2 Å². The molecule has 1 aromatic rings. The first-order chi connectivity index (χ1) is 9.02. The minimum Gasteiger partial charge on any atom is -0.384 e. The number of anilines is 1. The lowest BCUT2D eigenvalue weighted by atomic mass is 9.80. The monoisotopic (exact) mass is 261 g/mol. The number of likely N-dealkylation sites (tertiary alicyclic amines) is 1. The Morgan fingerprint density at radius 2 is 2.11 bits per heavy atom. The highest BCUT2D eigenvalue weighted by Crippen LogP contribution is 2.30. The summed E-state index contributed by atoms with van der Waals surface area (Å²) in [6.07, 6.45) is 2.30. The van der Waals surface area contributed by atoms with E-state index in [0.29, 0.717) is 0 Å². The fourth-order valence-electron chi connectivity index (χ4n) is 2.37. The highest BCUT2D eigenvalue weighted by atomic mass is 19.1. The molecule has 0 radical (unpaired) electrons. The molecule has 3 nitrogen and oxygen atoms in total. The second-order valence-corrected chi connectivity index (χ2v) is 5.77. The Labute approximate surface area is 114 Å². The summed E-state index contributed by atoms with van der Waals surface area (Å²) in [6.45, 7) is 5.33. The Morgan fingerprint density at radius 1 is 1.42 bits per heavy atom. The van der Waals surface area contributed by atoms with Crippen molar-refractivity contribution in [2.75, 3.05) is 32.0 Å². The van der Waals surface area contributed by atoms with Crippen LogP contribution in [0.4, 0.5) is 10.1 Å². The van der Waals surface area contributed by atoms with Gasteiger partial charge in [0.05, 0.1) is 5.56 Å². The second kappa shape index (κ2) is 5.58. The maximum absolute atomic E-state index is 13.5. The van der Waals surface area contributed by atoms with E-state index in [-0.39, 0.29) is 11.0 Å². The zero-order valence-electron chi connectivity index (χ0n) is 11.5. The van der Waals surface area contributed by atoms with Crippen LogP contribution in [0.3, 0.4) is 0 Å². The summed E-state index contributed by atoms with van der Waals surface area (Å²) in [5.41, 5.74) is 1.10. The maximum atomic E-state index is 13.5. The average Bonchev–Trinajstić information content (AvgIpc) is 2.41. The number of benzene rings is 1. The first-order valence-electron chi connectivity index (χ1n) is 6.64. The average molecular weight is 261 g/mol. The molecule has 0 aromatic heterocycles. The molecule has 0 atom stereocenters. The molecule has 0 amide bonds. The van der Waals surface area contributed by atoms with E-state index in [4.69, 9.17) is 5.26 Å². The summed E-state index contributed by atoms with van der Waals surface area (Å²) in [4.78, 5) is 2.34. The smallest absolute Gasteiger partial charge is 0.143 e. The quantitative estimate of drug-likeness (QED) is 0.909. The third kappa shape index (κ3) is 3.45. The number of nitrogens with zero attached hydrogens (tertiary/aromatic N) is 2. The largest absolute Gasteiger partial charge is 0.384 e. The molecule has 1 aromatic carbocycles. The van der Waals surface area contributed by atoms with Gasteiger partial charge in [-0.15, -0.1) is 0 Å². The van der Waals surface area contributed by atoms with Crippen LogP contribution >= 0.6 is 0 Å². The van der Waals surface area contributed by atoms with Gasteiger partial charge in [0.15, 0.2) is 0 Å². The number of rotatable bonds is 3. The summed E-state index contributed by atoms with van der Waals surface area (Å²) >= 11 is 0. The number of nitrogens with one attached hydrogen (secondary N) is 1. The van der Waals surface area contributed by atoms with Gasteiger partial charge in [0, 0.05) is 12.2 Å². The van der Waals surface area contributed by atoms with Crippen LogP contribution < -0.4 is 5.32 Å². The number of piperidine rings is 1. The lowest BCUT2D eigenvalue weighted by molar-refractivity contribution is 0.150. The van der Waals surface area contributed by atoms with Gasteiger partial charge in [-0.25, -0.2) is 4.39 Å². The van der Waals surface area contributed by atoms with Crippen molar-refractivity contribution < 1.29 is 4.39 Å². The number of halogens is 1. The third-order valence-corrected chi connectivity index (χ3v) is 4.00. The van der Waals surface area contributed by atoms with Gasteiger partial charge in [0.2, 0.25) is 0 Å². The van der Waals surface area contributed by atoms with Crippen molar-refractivity contribution in [2.45, 2.75) is 19.8 Å². The first kappa shape index (κ1) is 13.8. The van der Waals surface area contributed by atoms with Gasteiger partial charge in [0.25, 0.3) is 0 Å². The van der Waals surface area contributed by atoms with Gasteiger partial charge < -0.3 is 10.2 Å². The zero-order valence-corrected chi connectivity index (χ0v) is 11.5. The highest BCUT2D eigenvalue weighted by Gasteiger charge is 2.28. The molecule has 19 heavy (non-hydrogen) atoms. The van der Waals surface area contributed by atoms with Crippen LogP contribution in [0.25, 0.3) is 0 Å². The molecule has 1 aliphatic heterocycles. The van der Waals surface area contributed by atoms with Crippen molar-refractivity contribution in [2.24, 2.45) is 5.41 Å². The molecule has 102 valence electrons. The Hall–Kier alpha value is -1.60. The standard InChI is InChI=1S/C15H20FN3/c1-15(5-7-19(2)8-6-15)11-18-13-4-3-12(10-17)14(16)9-13/h3-4,9,18H,5-8,11H2,1-2H3. The summed E-state index contributed by atoms with van der Waals surface area (Å²) in [5, 5.41) is 12.0. The van der Waals surface area contributed by atoms with Crippen LogP contribution in [0.5, 0.6) is 0 Å². The van der Waals surface area contributed by atoms with Gasteiger partial charge in [-0.2, -0.15) is 5.26 Å². The van der Waals surface area contributed by atoms with Crippen molar-refractivity contribution >= 4 is 5.69 Å². The predicted molar refractivity (Wildman–Crippen MR) is 74.4 cm³/mol. The van der Waals surface area contributed by atoms with Crippen LogP contribution in [0.1, 0.15) is 25.3 Å². The fraction of sp³-hybridized carbons (Fsp3) is 0.533. The van der Waals surface area contributed by atoms with Gasteiger partial charge >= 0.3 is 0 Å². The van der Waals surface area contributed by atoms with Crippen molar-refractivity contribution in [1.82, 2.24) is 4.90 Å². The number of hydrogen-bond acceptors (Lipinski definition) is 3. The van der Waals surface area contributed by atoms with E-state index in [1.807, 2.05) is 6.07 Å². The Morgan fingerprint density at radius 3 is 2.68 bits per heavy atom. The van der Waals surface area contributed by atoms with E-state index in [2.05, 4.69) is 24.2 Å². The molecule has 1 heterocycles. The molecular weight excluding hydrogens is 241 g/mol. The molecular formula is C15H20FN3. The zero-order chi connectivity index (χ0) is 13.9. The van der Waals surface area contributed by atoms with Gasteiger partial charge in [-0.3, -0.25) is 0 Å². The van der Waals surface area contributed by atoms with Crippen molar-refractivity contribution in [3.8, 4) is 6.07 Å². The Bertz CT molecular complexity index is 485. The lowest BCUT2D eigenvalue weighted by Gasteiger charge is -2.38. The molecule has 2 rings (SSSR count). The summed E-state index contributed by atoms with van der Waals surface area (Å²) < 4.78 is 13.5. The van der Waals surface area contributed by atoms with Crippen LogP contribution in [-0.4, -0.2) is 31.6 Å². The van der Waals surface area contributed by atoms with E-state index in [1.54, 1.807) is 6.07 Å². The number of hydrogen-bond donors (Lipinski definition) is 1. The predicted octanol–water partition coefficient (Wildman–Crippen LogP) is 2.84. The number of nitriles is 1. The van der Waals surface area contributed by atoms with E-state index >= 15 is 0 Å². The fourth-order valence-corrected chi connectivity index (χ4v) is 2.37. The SMILES string of the molecule is CN1CCC(C)(CNc2ccc(C#N)c(F)c2)CC1. The molecule has 1 N–H and O–H groups in total. The van der Waals surface area contributed by atoms with Crippen molar-refractivity contribution in [3.05, 3.63) is 29.6 Å². The van der Waals surface area contributed by atoms with Gasteiger partial charge in [0.1, 0.15) is 11.9 Å². The Kier molecular flexibility index (Phi) is 4.06. The van der Waals surface area contributed by atoms with Crippen molar-refractivity contribution in [1.29, 1.82) is 5.26 Å². The minimum atomic E-state index is -0.457. The molecule has 4 heteroatoms. The normalized spacial score (nSPS) is 18.8. The maximum Gasteiger partial charge on any atom is 0.143 e. The van der Waals surface area contributed by atoms with E-state index in [0.717, 1.165) is 38.2 Å². The lowest BCUT2D eigenvalue weighted by Crippen LogP contribution is -2.40. The summed E-state index contributed by atoms with van der Waals surface area (Å²) in [6, 6.07) is 6.52. The molecule has 0 unspecified atom stereocenters. The summed E-state index contributed by atoms with van der Waals surface area (Å²) in [5.74, 6) is -0.457. The molecule has 1 saturated heterocycles. The van der Waals surface area contributed by atoms with Crippen molar-refractivity contribution in [3.63, 3.8) is 0 Å². The first-order valence-corrected chi connectivity index (χ1v) is 6.64. The summed E-state index contributed by atoms with van der Waals surface area (Å²) in [7, 11) is 2.14. The van der Waals surface area contributed by atoms with Gasteiger partial charge in [-0.05, 0) is 56.6 Å². The van der Waals surface area contributed by atoms with E-state index in [1.165, 1.54) is 12.1 Å². The molecule has 0 aliphatic carbocycles. The van der Waals surface area contributed by atoms with Crippen LogP contribution in [0.2, 0.25) is 0 Å². The second-order valence-electron chi connectivity index (χ2n) is 5.77. The Balaban J connectivity index is 1.95. The third-order valence-electron chi connectivity index (χ3n) is 4.00. The van der Waals surface area contributed by atoms with Gasteiger partial charge in [-0.1, -0.05) is 6.92 Å². The van der Waals surface area contributed by atoms with Crippen LogP contribution in [-0.2, 0) is 0 Å². The molecule has 1 fully saturated rings. The van der Waals surface area contributed by atoms with Crippen LogP contribution in [0, 0.1) is 22.6 Å². The highest BCUT2D eigenvalue weighted by molar-refractivity contribution is 5.48. The topological polar surface area (TPSA) is 39.1 Å². The molecule has 0 saturated carbocycles. The van der Waals surface area contributed by atoms with E-state index in [9.17, 15) is 4.39 Å².